The van der Waals surface area contributed by atoms with E-state index in [0.717, 1.165) is 50.0 Å². The summed E-state index contributed by atoms with van der Waals surface area (Å²) in [5, 5.41) is 3.42. The number of piperazine rings is 1. The zero-order valence-corrected chi connectivity index (χ0v) is 21.5. The van der Waals surface area contributed by atoms with E-state index in [1.807, 2.05) is 24.3 Å². The fourth-order valence-corrected chi connectivity index (χ4v) is 3.45. The predicted octanol–water partition coefficient (Wildman–Crippen LogP) is 3.02. The minimum Gasteiger partial charge on any atom is -0.497 e. The first-order valence-corrected chi connectivity index (χ1v) is 10.7. The lowest BCUT2D eigenvalue weighted by atomic mass is 10.2. The highest BCUT2D eigenvalue weighted by atomic mass is 127. The third-order valence-electron chi connectivity index (χ3n) is 5.13. The standard InChI is InChI=1S/C23H33N5O3.HI/c1-4-24-23(26-18-19-6-5-11-25-22(19)31-17-16-29-2)28-14-12-27(13-15-28)20-7-9-21(30-3)10-8-20;/h5-11H,4,12-18H2,1-3H3,(H,24,26);1H. The summed E-state index contributed by atoms with van der Waals surface area (Å²) in [7, 11) is 3.35. The number of rotatable bonds is 9. The van der Waals surface area contributed by atoms with Gasteiger partial charge in [0, 0.05) is 57.3 Å². The summed E-state index contributed by atoms with van der Waals surface area (Å²) in [4.78, 5) is 13.9. The highest BCUT2D eigenvalue weighted by molar-refractivity contribution is 14.0. The lowest BCUT2D eigenvalue weighted by Gasteiger charge is -2.37. The smallest absolute Gasteiger partial charge is 0.218 e. The van der Waals surface area contributed by atoms with Crippen molar-refractivity contribution in [2.75, 3.05) is 65.1 Å². The third-order valence-corrected chi connectivity index (χ3v) is 5.13. The summed E-state index contributed by atoms with van der Waals surface area (Å²) in [5.41, 5.74) is 2.18. The molecule has 8 nitrogen and oxygen atoms in total. The summed E-state index contributed by atoms with van der Waals surface area (Å²) in [5.74, 6) is 2.41. The first-order valence-electron chi connectivity index (χ1n) is 10.7. The van der Waals surface area contributed by atoms with Crippen LogP contribution in [0.25, 0.3) is 0 Å². The van der Waals surface area contributed by atoms with Crippen molar-refractivity contribution in [1.29, 1.82) is 0 Å². The molecule has 0 amide bonds. The monoisotopic (exact) mass is 555 g/mol. The van der Waals surface area contributed by atoms with Crippen LogP contribution in [0.4, 0.5) is 5.69 Å². The summed E-state index contributed by atoms with van der Waals surface area (Å²) in [6, 6.07) is 12.2. The Hall–Kier alpha value is -2.27. The molecule has 0 unspecified atom stereocenters. The van der Waals surface area contributed by atoms with E-state index in [9.17, 15) is 0 Å². The summed E-state index contributed by atoms with van der Waals surface area (Å²) < 4.78 is 16.1. The lowest BCUT2D eigenvalue weighted by Crippen LogP contribution is -2.52. The Labute approximate surface area is 208 Å². The average Bonchev–Trinajstić information content (AvgIpc) is 2.83. The average molecular weight is 555 g/mol. The fourth-order valence-electron chi connectivity index (χ4n) is 3.45. The zero-order chi connectivity index (χ0) is 21.9. The molecule has 1 saturated heterocycles. The van der Waals surface area contributed by atoms with Crippen molar-refractivity contribution < 1.29 is 14.2 Å². The van der Waals surface area contributed by atoms with Gasteiger partial charge in [0.1, 0.15) is 12.4 Å². The molecule has 1 aliphatic heterocycles. The van der Waals surface area contributed by atoms with Crippen LogP contribution < -0.4 is 19.7 Å². The maximum absolute atomic E-state index is 5.74. The summed E-state index contributed by atoms with van der Waals surface area (Å²) in [6.07, 6.45) is 1.74. The van der Waals surface area contributed by atoms with E-state index in [2.05, 4.69) is 39.2 Å². The summed E-state index contributed by atoms with van der Waals surface area (Å²) in [6.45, 7) is 8.11. The largest absolute Gasteiger partial charge is 0.497 e. The molecule has 0 aliphatic carbocycles. The fraction of sp³-hybridized carbons (Fsp3) is 0.478. The molecule has 0 saturated carbocycles. The van der Waals surface area contributed by atoms with Crippen molar-refractivity contribution in [3.63, 3.8) is 0 Å². The Balaban J connectivity index is 0.00000363. The van der Waals surface area contributed by atoms with E-state index in [1.54, 1.807) is 20.4 Å². The molecule has 1 aliphatic rings. The van der Waals surface area contributed by atoms with Gasteiger partial charge in [0.15, 0.2) is 5.96 Å². The predicted molar refractivity (Wildman–Crippen MR) is 139 cm³/mol. The van der Waals surface area contributed by atoms with E-state index in [-0.39, 0.29) is 24.0 Å². The van der Waals surface area contributed by atoms with Crippen LogP contribution in [0, 0.1) is 0 Å². The van der Waals surface area contributed by atoms with E-state index in [0.29, 0.717) is 25.6 Å². The minimum absolute atomic E-state index is 0. The van der Waals surface area contributed by atoms with Crippen LogP contribution in [-0.4, -0.2) is 76.0 Å². The number of aromatic nitrogens is 1. The summed E-state index contributed by atoms with van der Waals surface area (Å²) >= 11 is 0. The van der Waals surface area contributed by atoms with Crippen molar-refractivity contribution in [3.05, 3.63) is 48.2 Å². The molecule has 1 aromatic carbocycles. The number of benzene rings is 1. The van der Waals surface area contributed by atoms with Crippen LogP contribution in [0.15, 0.2) is 47.6 Å². The molecule has 0 spiro atoms. The van der Waals surface area contributed by atoms with Gasteiger partial charge in [-0.25, -0.2) is 9.98 Å². The minimum atomic E-state index is 0. The number of nitrogens with one attached hydrogen (secondary N) is 1. The molecule has 1 fully saturated rings. The second-order valence-corrected chi connectivity index (χ2v) is 7.15. The van der Waals surface area contributed by atoms with Gasteiger partial charge < -0.3 is 29.3 Å². The Morgan fingerprint density at radius 1 is 1.06 bits per heavy atom. The number of ether oxygens (including phenoxy) is 3. The molecule has 0 atom stereocenters. The van der Waals surface area contributed by atoms with Crippen molar-refractivity contribution >= 4 is 35.6 Å². The van der Waals surface area contributed by atoms with E-state index >= 15 is 0 Å². The van der Waals surface area contributed by atoms with Gasteiger partial charge in [-0.05, 0) is 37.3 Å². The van der Waals surface area contributed by atoms with Gasteiger partial charge in [0.25, 0.3) is 0 Å². The molecule has 1 N–H and O–H groups in total. The first-order chi connectivity index (χ1) is 15.2. The number of anilines is 1. The van der Waals surface area contributed by atoms with Crippen molar-refractivity contribution in [2.24, 2.45) is 4.99 Å². The molecule has 3 rings (SSSR count). The molecule has 0 bridgehead atoms. The third kappa shape index (κ3) is 7.40. The van der Waals surface area contributed by atoms with Crippen molar-refractivity contribution in [2.45, 2.75) is 13.5 Å². The van der Waals surface area contributed by atoms with Crippen LogP contribution in [0.1, 0.15) is 12.5 Å². The van der Waals surface area contributed by atoms with Crippen molar-refractivity contribution in [1.82, 2.24) is 15.2 Å². The number of pyridine rings is 1. The zero-order valence-electron chi connectivity index (χ0n) is 19.1. The van der Waals surface area contributed by atoms with Crippen LogP contribution in [-0.2, 0) is 11.3 Å². The molecule has 32 heavy (non-hydrogen) atoms. The Kier molecular flexibility index (Phi) is 11.4. The number of methoxy groups -OCH3 is 2. The van der Waals surface area contributed by atoms with Gasteiger partial charge in [0.05, 0.1) is 20.3 Å². The second-order valence-electron chi connectivity index (χ2n) is 7.15. The molecule has 176 valence electrons. The number of aliphatic imine (C=N–C) groups is 1. The van der Waals surface area contributed by atoms with Gasteiger partial charge in [-0.15, -0.1) is 24.0 Å². The van der Waals surface area contributed by atoms with Crippen LogP contribution in [0.2, 0.25) is 0 Å². The Bertz CT molecular complexity index is 827. The topological polar surface area (TPSA) is 71.5 Å². The van der Waals surface area contributed by atoms with Crippen LogP contribution in [0.3, 0.4) is 0 Å². The normalized spacial score (nSPS) is 14.0. The van der Waals surface area contributed by atoms with E-state index < -0.39 is 0 Å². The van der Waals surface area contributed by atoms with Crippen molar-refractivity contribution in [3.8, 4) is 11.6 Å². The maximum atomic E-state index is 5.74. The number of halogens is 1. The van der Waals surface area contributed by atoms with Crippen LogP contribution in [0.5, 0.6) is 11.6 Å². The SMILES string of the molecule is CCNC(=NCc1cccnc1OCCOC)N1CCN(c2ccc(OC)cc2)CC1.I. The number of nitrogens with zero attached hydrogens (tertiary/aromatic N) is 4. The number of hydrogen-bond donors (Lipinski definition) is 1. The molecule has 2 aromatic rings. The number of hydrogen-bond acceptors (Lipinski definition) is 6. The highest BCUT2D eigenvalue weighted by Crippen LogP contribution is 2.21. The lowest BCUT2D eigenvalue weighted by molar-refractivity contribution is 0.143. The highest BCUT2D eigenvalue weighted by Gasteiger charge is 2.20. The molecule has 2 heterocycles. The molecular weight excluding hydrogens is 521 g/mol. The molecule has 0 radical (unpaired) electrons. The first kappa shape index (κ1) is 26.0. The molecule has 1 aromatic heterocycles. The molecular formula is C23H34IN5O3. The van der Waals surface area contributed by atoms with Gasteiger partial charge in [0.2, 0.25) is 5.88 Å². The second kappa shape index (κ2) is 14.0. The van der Waals surface area contributed by atoms with Gasteiger partial charge >= 0.3 is 0 Å². The van der Waals surface area contributed by atoms with Crippen LogP contribution >= 0.6 is 24.0 Å². The van der Waals surface area contributed by atoms with Gasteiger partial charge in [-0.1, -0.05) is 6.07 Å². The Morgan fingerprint density at radius 3 is 2.47 bits per heavy atom. The van der Waals surface area contributed by atoms with E-state index in [4.69, 9.17) is 19.2 Å². The Morgan fingerprint density at radius 2 is 1.81 bits per heavy atom. The van der Waals surface area contributed by atoms with E-state index in [1.165, 1.54) is 5.69 Å². The molecule has 9 heteroatoms. The van der Waals surface area contributed by atoms with Gasteiger partial charge in [-0.2, -0.15) is 0 Å². The van der Waals surface area contributed by atoms with Gasteiger partial charge in [-0.3, -0.25) is 0 Å². The maximum Gasteiger partial charge on any atom is 0.218 e. The number of guanidine groups is 1. The quantitative estimate of drug-likeness (QED) is 0.221.